The van der Waals surface area contributed by atoms with Crippen LogP contribution in [0.15, 0.2) is 10.7 Å². The smallest absolute Gasteiger partial charge is 0.138 e. The molecule has 1 heterocycles. The molecule has 0 amide bonds. The van der Waals surface area contributed by atoms with Gasteiger partial charge in [-0.1, -0.05) is 27.7 Å². The summed E-state index contributed by atoms with van der Waals surface area (Å²) in [5.74, 6) is 0.300. The van der Waals surface area contributed by atoms with E-state index in [1.165, 1.54) is 0 Å². The highest BCUT2D eigenvalue weighted by Gasteiger charge is 2.21. The number of carbonyl (C=O) groups is 1. The van der Waals surface area contributed by atoms with Gasteiger partial charge in [-0.25, -0.2) is 0 Å². The third-order valence-electron chi connectivity index (χ3n) is 2.76. The molecule has 0 spiro atoms. The third kappa shape index (κ3) is 3.95. The molecule has 0 N–H and O–H groups in total. The van der Waals surface area contributed by atoms with Crippen molar-refractivity contribution < 1.29 is 4.79 Å². The van der Waals surface area contributed by atoms with Crippen LogP contribution in [0.4, 0.5) is 0 Å². The molecule has 1 aromatic rings. The molecule has 96 valence electrons. The van der Waals surface area contributed by atoms with Gasteiger partial charge < -0.3 is 0 Å². The topological polar surface area (TPSA) is 34.9 Å². The van der Waals surface area contributed by atoms with Crippen molar-refractivity contribution in [3.05, 3.63) is 16.4 Å². The Bertz CT molecular complexity index is 391. The van der Waals surface area contributed by atoms with Crippen molar-refractivity contribution in [2.45, 2.75) is 53.5 Å². The van der Waals surface area contributed by atoms with Crippen LogP contribution in [-0.2, 0) is 17.8 Å². The van der Waals surface area contributed by atoms with Gasteiger partial charge in [0.1, 0.15) is 5.78 Å². The molecule has 0 unspecified atom stereocenters. The lowest BCUT2D eigenvalue weighted by molar-refractivity contribution is -0.126. The van der Waals surface area contributed by atoms with Crippen LogP contribution in [0.25, 0.3) is 0 Å². The standard InChI is InChI=1S/C13H21BrN2O/c1-5-8-16-11(10(14)9-15-16)6-7-12(17)13(2,3)4/h9H,5-8H2,1-4H3. The number of Topliss-reactive ketones (excluding diaryl/α,β-unsaturated/α-hetero) is 1. The third-order valence-corrected chi connectivity index (χ3v) is 3.42. The van der Waals surface area contributed by atoms with E-state index in [9.17, 15) is 4.79 Å². The quantitative estimate of drug-likeness (QED) is 0.833. The molecular weight excluding hydrogens is 280 g/mol. The minimum Gasteiger partial charge on any atom is -0.299 e. The normalized spacial score (nSPS) is 11.8. The van der Waals surface area contributed by atoms with Crippen LogP contribution in [0.3, 0.4) is 0 Å². The van der Waals surface area contributed by atoms with Crippen molar-refractivity contribution in [1.82, 2.24) is 9.78 Å². The number of nitrogens with zero attached hydrogens (tertiary/aromatic N) is 2. The zero-order valence-electron chi connectivity index (χ0n) is 11.1. The molecule has 1 aromatic heterocycles. The maximum atomic E-state index is 11.9. The predicted molar refractivity (Wildman–Crippen MR) is 73.0 cm³/mol. The molecule has 0 saturated carbocycles. The predicted octanol–water partition coefficient (Wildman–Crippen LogP) is 3.60. The van der Waals surface area contributed by atoms with Gasteiger partial charge in [0.25, 0.3) is 0 Å². The molecule has 0 aliphatic carbocycles. The first-order valence-electron chi connectivity index (χ1n) is 6.09. The second-order valence-electron chi connectivity index (χ2n) is 5.34. The lowest BCUT2D eigenvalue weighted by Gasteiger charge is -2.16. The number of hydrogen-bond acceptors (Lipinski definition) is 2. The number of aryl methyl sites for hydroxylation is 1. The van der Waals surface area contributed by atoms with Gasteiger partial charge in [0.05, 0.1) is 16.4 Å². The van der Waals surface area contributed by atoms with Crippen LogP contribution in [0.5, 0.6) is 0 Å². The van der Waals surface area contributed by atoms with Crippen molar-refractivity contribution >= 4 is 21.7 Å². The number of carbonyl (C=O) groups excluding carboxylic acids is 1. The van der Waals surface area contributed by atoms with Crippen LogP contribution in [0.2, 0.25) is 0 Å². The molecule has 0 bridgehead atoms. The summed E-state index contributed by atoms with van der Waals surface area (Å²) in [5, 5.41) is 4.30. The van der Waals surface area contributed by atoms with Gasteiger partial charge in [-0.2, -0.15) is 5.10 Å². The van der Waals surface area contributed by atoms with Gasteiger partial charge in [0.15, 0.2) is 0 Å². The van der Waals surface area contributed by atoms with Crippen LogP contribution in [0.1, 0.15) is 46.2 Å². The minimum absolute atomic E-state index is 0.248. The van der Waals surface area contributed by atoms with Gasteiger partial charge in [-0.3, -0.25) is 9.48 Å². The molecular formula is C13H21BrN2O. The van der Waals surface area contributed by atoms with E-state index in [1.807, 2.05) is 31.6 Å². The zero-order valence-corrected chi connectivity index (χ0v) is 12.7. The molecule has 1 rings (SSSR count). The summed E-state index contributed by atoms with van der Waals surface area (Å²) in [4.78, 5) is 11.9. The van der Waals surface area contributed by atoms with E-state index in [4.69, 9.17) is 0 Å². The molecule has 0 aliphatic rings. The van der Waals surface area contributed by atoms with E-state index in [0.29, 0.717) is 12.2 Å². The van der Waals surface area contributed by atoms with E-state index in [1.54, 1.807) is 0 Å². The van der Waals surface area contributed by atoms with E-state index < -0.39 is 0 Å². The molecule has 0 saturated heterocycles. The van der Waals surface area contributed by atoms with Gasteiger partial charge in [0, 0.05) is 18.4 Å². The fraction of sp³-hybridized carbons (Fsp3) is 0.692. The molecule has 17 heavy (non-hydrogen) atoms. The fourth-order valence-corrected chi connectivity index (χ4v) is 2.14. The molecule has 3 nitrogen and oxygen atoms in total. The average molecular weight is 301 g/mol. The number of halogens is 1. The zero-order chi connectivity index (χ0) is 13.1. The second-order valence-corrected chi connectivity index (χ2v) is 6.19. The highest BCUT2D eigenvalue weighted by Crippen LogP contribution is 2.22. The Morgan fingerprint density at radius 3 is 2.65 bits per heavy atom. The summed E-state index contributed by atoms with van der Waals surface area (Å²) in [6, 6.07) is 0. The maximum absolute atomic E-state index is 11.9. The van der Waals surface area contributed by atoms with Crippen molar-refractivity contribution in [2.75, 3.05) is 0 Å². The Hall–Kier alpha value is -0.640. The van der Waals surface area contributed by atoms with E-state index >= 15 is 0 Å². The highest BCUT2D eigenvalue weighted by atomic mass is 79.9. The minimum atomic E-state index is -0.248. The van der Waals surface area contributed by atoms with Gasteiger partial charge in [0.2, 0.25) is 0 Å². The largest absolute Gasteiger partial charge is 0.299 e. The van der Waals surface area contributed by atoms with Crippen molar-refractivity contribution in [1.29, 1.82) is 0 Å². The SMILES string of the molecule is CCCn1ncc(Br)c1CCC(=O)C(C)(C)C. The monoisotopic (exact) mass is 300 g/mol. The number of rotatable bonds is 5. The first-order chi connectivity index (χ1) is 7.86. The van der Waals surface area contributed by atoms with E-state index in [-0.39, 0.29) is 5.41 Å². The Balaban J connectivity index is 2.69. The van der Waals surface area contributed by atoms with Crippen molar-refractivity contribution in [3.63, 3.8) is 0 Å². The van der Waals surface area contributed by atoms with Crippen LogP contribution >= 0.6 is 15.9 Å². The molecule has 0 aliphatic heterocycles. The van der Waals surface area contributed by atoms with Crippen LogP contribution < -0.4 is 0 Å². The lowest BCUT2D eigenvalue weighted by atomic mass is 9.88. The molecule has 0 atom stereocenters. The Morgan fingerprint density at radius 1 is 1.47 bits per heavy atom. The molecule has 4 heteroatoms. The van der Waals surface area contributed by atoms with E-state index in [2.05, 4.69) is 28.0 Å². The van der Waals surface area contributed by atoms with Crippen LogP contribution in [-0.4, -0.2) is 15.6 Å². The molecule has 0 radical (unpaired) electrons. The summed E-state index contributed by atoms with van der Waals surface area (Å²) >= 11 is 3.49. The first-order valence-corrected chi connectivity index (χ1v) is 6.89. The lowest BCUT2D eigenvalue weighted by Crippen LogP contribution is -2.21. The van der Waals surface area contributed by atoms with Crippen LogP contribution in [0, 0.1) is 5.41 Å². The summed E-state index contributed by atoms with van der Waals surface area (Å²) in [7, 11) is 0. The first kappa shape index (κ1) is 14.4. The Kier molecular flexibility index (Phi) is 4.92. The van der Waals surface area contributed by atoms with Crippen molar-refractivity contribution in [3.8, 4) is 0 Å². The summed E-state index contributed by atoms with van der Waals surface area (Å²) in [6.07, 6.45) is 4.20. The average Bonchev–Trinajstić information content (AvgIpc) is 2.56. The number of hydrogen-bond donors (Lipinski definition) is 0. The summed E-state index contributed by atoms with van der Waals surface area (Å²) in [5.41, 5.74) is 0.881. The van der Waals surface area contributed by atoms with Gasteiger partial charge in [-0.05, 0) is 28.8 Å². The van der Waals surface area contributed by atoms with Gasteiger partial charge in [-0.15, -0.1) is 0 Å². The summed E-state index contributed by atoms with van der Waals surface area (Å²) in [6.45, 7) is 8.93. The second kappa shape index (κ2) is 5.80. The molecule has 0 aromatic carbocycles. The Labute approximate surface area is 112 Å². The van der Waals surface area contributed by atoms with Crippen molar-refractivity contribution in [2.24, 2.45) is 5.41 Å². The van der Waals surface area contributed by atoms with E-state index in [0.717, 1.165) is 29.6 Å². The molecule has 0 fully saturated rings. The number of ketones is 1. The van der Waals surface area contributed by atoms with Gasteiger partial charge >= 0.3 is 0 Å². The maximum Gasteiger partial charge on any atom is 0.138 e. The highest BCUT2D eigenvalue weighted by molar-refractivity contribution is 9.10. The number of aromatic nitrogens is 2. The summed E-state index contributed by atoms with van der Waals surface area (Å²) < 4.78 is 2.99. The fourth-order valence-electron chi connectivity index (χ4n) is 1.65. The Morgan fingerprint density at radius 2 is 2.12 bits per heavy atom.